The number of hydrogen-bond acceptors (Lipinski definition) is 7. The van der Waals surface area contributed by atoms with Crippen molar-refractivity contribution in [3.8, 4) is 11.4 Å². The summed E-state index contributed by atoms with van der Waals surface area (Å²) in [5.74, 6) is 0.808. The molecular weight excluding hydrogens is 373 g/mol. The van der Waals surface area contributed by atoms with Crippen molar-refractivity contribution in [1.29, 1.82) is 0 Å². The highest BCUT2D eigenvalue weighted by Gasteiger charge is 2.18. The number of nitrogens with zero attached hydrogens (tertiary/aromatic N) is 4. The minimum Gasteiger partial charge on any atom is -0.494 e. The minimum absolute atomic E-state index is 0.217. The average molecular weight is 399 g/mol. The van der Waals surface area contributed by atoms with Gasteiger partial charge >= 0.3 is 0 Å². The lowest BCUT2D eigenvalue weighted by Gasteiger charge is -2.14. The third-order valence-electron chi connectivity index (χ3n) is 4.24. The van der Waals surface area contributed by atoms with E-state index in [9.17, 15) is 0 Å². The molecule has 8 nitrogen and oxygen atoms in total. The van der Waals surface area contributed by atoms with Crippen LogP contribution in [0.4, 0.5) is 21.8 Å². The van der Waals surface area contributed by atoms with E-state index in [0.717, 1.165) is 11.3 Å². The van der Waals surface area contributed by atoms with Gasteiger partial charge < -0.3 is 20.7 Å². The number of aromatic nitrogens is 4. The zero-order valence-corrected chi connectivity index (χ0v) is 17.2. The second-order valence-corrected chi connectivity index (χ2v) is 6.90. The Morgan fingerprint density at radius 2 is 2.03 bits per heavy atom. The molecule has 0 fully saturated rings. The Morgan fingerprint density at radius 1 is 1.24 bits per heavy atom. The van der Waals surface area contributed by atoms with E-state index in [1.807, 2.05) is 6.92 Å². The molecule has 0 aliphatic heterocycles. The number of rotatable bonds is 8. The van der Waals surface area contributed by atoms with Gasteiger partial charge in [0.2, 0.25) is 5.95 Å². The molecule has 0 atom stereocenters. The summed E-state index contributed by atoms with van der Waals surface area (Å²) < 4.78 is 22.2. The molecule has 0 aliphatic rings. The Bertz CT molecular complexity index is 987. The summed E-state index contributed by atoms with van der Waals surface area (Å²) in [7, 11) is 3.26. The normalized spacial score (nSPS) is 11.0. The molecule has 154 valence electrons. The van der Waals surface area contributed by atoms with Crippen molar-refractivity contribution in [2.45, 2.75) is 33.4 Å². The summed E-state index contributed by atoms with van der Waals surface area (Å²) in [6.45, 7) is 6.62. The Hall–Kier alpha value is -3.20. The number of ether oxygens (including phenoxy) is 1. The van der Waals surface area contributed by atoms with Gasteiger partial charge in [-0.05, 0) is 19.1 Å². The number of hydrogen-bond donors (Lipinski definition) is 3. The highest BCUT2D eigenvalue weighted by molar-refractivity contribution is 5.64. The summed E-state index contributed by atoms with van der Waals surface area (Å²) >= 11 is 0. The first kappa shape index (κ1) is 20.5. The SMILES string of the molecule is CNc1cc(C)nc(Nc2ccc(OC)c(-n3cc(CNC(C)C)cn3)c2F)n1. The number of nitrogens with one attached hydrogen (secondary N) is 3. The fourth-order valence-corrected chi connectivity index (χ4v) is 2.79. The summed E-state index contributed by atoms with van der Waals surface area (Å²) in [6, 6.07) is 5.42. The van der Waals surface area contributed by atoms with Crippen molar-refractivity contribution in [3.05, 3.63) is 47.7 Å². The number of anilines is 3. The lowest BCUT2D eigenvalue weighted by molar-refractivity contribution is 0.407. The lowest BCUT2D eigenvalue weighted by atomic mass is 10.2. The molecule has 9 heteroatoms. The standard InChI is InChI=1S/C20H26FN7O/c1-12(2)23-9-14-10-24-28(11-14)19-16(29-5)7-6-15(18(19)21)26-20-25-13(3)8-17(22-4)27-20/h6-8,10-12,23H,9H2,1-5H3,(H2,22,25,26,27). The van der Waals surface area contributed by atoms with E-state index in [-0.39, 0.29) is 11.4 Å². The zero-order valence-electron chi connectivity index (χ0n) is 17.2. The largest absolute Gasteiger partial charge is 0.494 e. The smallest absolute Gasteiger partial charge is 0.229 e. The third-order valence-corrected chi connectivity index (χ3v) is 4.24. The summed E-state index contributed by atoms with van der Waals surface area (Å²) in [5.41, 5.74) is 2.15. The molecule has 0 radical (unpaired) electrons. The Kier molecular flexibility index (Phi) is 6.28. The van der Waals surface area contributed by atoms with Gasteiger partial charge in [-0.1, -0.05) is 13.8 Å². The van der Waals surface area contributed by atoms with Crippen LogP contribution in [0.5, 0.6) is 5.75 Å². The van der Waals surface area contributed by atoms with Crippen molar-refractivity contribution in [2.75, 3.05) is 24.8 Å². The van der Waals surface area contributed by atoms with Gasteiger partial charge in [-0.2, -0.15) is 10.1 Å². The Morgan fingerprint density at radius 3 is 2.72 bits per heavy atom. The molecule has 0 spiro atoms. The van der Waals surface area contributed by atoms with Crippen molar-refractivity contribution < 1.29 is 9.13 Å². The van der Waals surface area contributed by atoms with E-state index < -0.39 is 5.82 Å². The third kappa shape index (κ3) is 4.80. The Labute approximate surface area is 169 Å². The molecule has 2 aromatic heterocycles. The maximum Gasteiger partial charge on any atom is 0.229 e. The molecule has 0 saturated heterocycles. The van der Waals surface area contributed by atoms with Gasteiger partial charge in [0.25, 0.3) is 0 Å². The van der Waals surface area contributed by atoms with Gasteiger partial charge in [0.1, 0.15) is 17.3 Å². The molecule has 3 aromatic rings. The first-order valence-corrected chi connectivity index (χ1v) is 9.35. The van der Waals surface area contributed by atoms with Gasteiger partial charge in [-0.15, -0.1) is 0 Å². The fraction of sp³-hybridized carbons (Fsp3) is 0.350. The molecule has 0 aliphatic carbocycles. The molecule has 2 heterocycles. The minimum atomic E-state index is -0.507. The van der Waals surface area contributed by atoms with Crippen molar-refractivity contribution in [3.63, 3.8) is 0 Å². The van der Waals surface area contributed by atoms with E-state index >= 15 is 4.39 Å². The van der Waals surface area contributed by atoms with Crippen LogP contribution in [-0.4, -0.2) is 39.9 Å². The molecule has 3 rings (SSSR count). The van der Waals surface area contributed by atoms with E-state index in [1.165, 1.54) is 11.8 Å². The molecule has 1 aromatic carbocycles. The number of methoxy groups -OCH3 is 1. The second-order valence-electron chi connectivity index (χ2n) is 6.90. The van der Waals surface area contributed by atoms with Gasteiger partial charge in [0.15, 0.2) is 5.82 Å². The molecule has 0 saturated carbocycles. The van der Waals surface area contributed by atoms with E-state index in [2.05, 4.69) is 44.9 Å². The van der Waals surface area contributed by atoms with Crippen LogP contribution in [0.1, 0.15) is 25.1 Å². The van der Waals surface area contributed by atoms with Crippen molar-refractivity contribution in [1.82, 2.24) is 25.1 Å². The van der Waals surface area contributed by atoms with E-state index in [4.69, 9.17) is 4.74 Å². The van der Waals surface area contributed by atoms with E-state index in [1.54, 1.807) is 37.6 Å². The highest BCUT2D eigenvalue weighted by Crippen LogP contribution is 2.32. The molecule has 3 N–H and O–H groups in total. The van der Waals surface area contributed by atoms with Crippen LogP contribution in [0.15, 0.2) is 30.6 Å². The lowest BCUT2D eigenvalue weighted by Crippen LogP contribution is -2.21. The summed E-state index contributed by atoms with van der Waals surface area (Å²) in [6.07, 6.45) is 3.49. The van der Waals surface area contributed by atoms with Gasteiger partial charge in [0.05, 0.1) is 19.0 Å². The average Bonchev–Trinajstić information content (AvgIpc) is 3.15. The first-order chi connectivity index (χ1) is 13.9. The van der Waals surface area contributed by atoms with Crippen LogP contribution >= 0.6 is 0 Å². The number of benzene rings is 1. The maximum absolute atomic E-state index is 15.4. The van der Waals surface area contributed by atoms with Gasteiger partial charge in [0, 0.05) is 43.2 Å². The van der Waals surface area contributed by atoms with Crippen LogP contribution < -0.4 is 20.7 Å². The highest BCUT2D eigenvalue weighted by atomic mass is 19.1. The summed E-state index contributed by atoms with van der Waals surface area (Å²) in [4.78, 5) is 8.63. The molecule has 0 unspecified atom stereocenters. The van der Waals surface area contributed by atoms with Crippen LogP contribution in [0.2, 0.25) is 0 Å². The van der Waals surface area contributed by atoms with Gasteiger partial charge in [-0.3, -0.25) is 0 Å². The first-order valence-electron chi connectivity index (χ1n) is 9.35. The van der Waals surface area contributed by atoms with E-state index in [0.29, 0.717) is 30.1 Å². The zero-order chi connectivity index (χ0) is 21.0. The molecule has 29 heavy (non-hydrogen) atoms. The maximum atomic E-state index is 15.4. The number of aryl methyl sites for hydroxylation is 1. The fourth-order valence-electron chi connectivity index (χ4n) is 2.79. The van der Waals surface area contributed by atoms with Crippen molar-refractivity contribution in [2.24, 2.45) is 0 Å². The van der Waals surface area contributed by atoms with Crippen LogP contribution in [0, 0.1) is 12.7 Å². The van der Waals surface area contributed by atoms with Crippen LogP contribution in [0.3, 0.4) is 0 Å². The summed E-state index contributed by atoms with van der Waals surface area (Å²) in [5, 5.41) is 13.5. The molecular formula is C20H26FN7O. The quantitative estimate of drug-likeness (QED) is 0.535. The molecule has 0 bridgehead atoms. The predicted molar refractivity (Wildman–Crippen MR) is 112 cm³/mol. The second kappa shape index (κ2) is 8.87. The van der Waals surface area contributed by atoms with Crippen LogP contribution in [0.25, 0.3) is 5.69 Å². The number of halogens is 1. The van der Waals surface area contributed by atoms with Gasteiger partial charge in [-0.25, -0.2) is 14.1 Å². The Balaban J connectivity index is 1.95. The predicted octanol–water partition coefficient (Wildman–Crippen LogP) is 3.40. The monoisotopic (exact) mass is 399 g/mol. The van der Waals surface area contributed by atoms with Crippen LogP contribution in [-0.2, 0) is 6.54 Å². The molecule has 0 amide bonds. The topological polar surface area (TPSA) is 88.9 Å². The van der Waals surface area contributed by atoms with Crippen molar-refractivity contribution >= 4 is 17.5 Å².